The number of aromatic nitrogens is 1. The summed E-state index contributed by atoms with van der Waals surface area (Å²) in [6.07, 6.45) is 0. The lowest BCUT2D eigenvalue weighted by Gasteiger charge is -2.19. The number of thiazole rings is 1. The van der Waals surface area contributed by atoms with Crippen LogP contribution in [0.4, 0.5) is 5.69 Å². The molecule has 0 fully saturated rings. The van der Waals surface area contributed by atoms with Crippen LogP contribution in [0.5, 0.6) is 0 Å². The van der Waals surface area contributed by atoms with Crippen molar-refractivity contribution in [1.82, 2.24) is 4.98 Å². The Balaban J connectivity index is 1.97. The number of amidine groups is 1. The highest BCUT2D eigenvalue weighted by molar-refractivity contribution is 7.13. The molecule has 0 radical (unpaired) electrons. The second-order valence-electron chi connectivity index (χ2n) is 5.35. The lowest BCUT2D eigenvalue weighted by atomic mass is 10.2. The molecule has 2 N–H and O–H groups in total. The van der Waals surface area contributed by atoms with Gasteiger partial charge in [-0.15, -0.1) is 11.3 Å². The van der Waals surface area contributed by atoms with Crippen molar-refractivity contribution in [2.24, 2.45) is 0 Å². The topological polar surface area (TPSA) is 60.2 Å². The molecule has 0 saturated carbocycles. The molecule has 0 aliphatic carbocycles. The van der Waals surface area contributed by atoms with Crippen molar-refractivity contribution in [3.63, 3.8) is 0 Å². The summed E-state index contributed by atoms with van der Waals surface area (Å²) in [5.41, 5.74) is 3.23. The quantitative estimate of drug-likeness (QED) is 0.851. The molecule has 0 unspecified atom stereocenters. The van der Waals surface area contributed by atoms with Gasteiger partial charge in [-0.3, -0.25) is 5.41 Å². The SMILES string of the molecule is Cc1ccc(N2CC(O)=C(c3nc(C)c(C)s3)C2=N)cc1Cl. The van der Waals surface area contributed by atoms with Crippen LogP contribution in [0.15, 0.2) is 24.0 Å². The first kappa shape index (κ1) is 15.1. The summed E-state index contributed by atoms with van der Waals surface area (Å²) in [4.78, 5) is 7.30. The number of anilines is 1. The predicted molar refractivity (Wildman–Crippen MR) is 92.4 cm³/mol. The molecule has 1 aliphatic rings. The summed E-state index contributed by atoms with van der Waals surface area (Å²) in [5.74, 6) is 0.432. The zero-order valence-electron chi connectivity index (χ0n) is 12.6. The molecule has 2 aromatic rings. The first-order valence-electron chi connectivity index (χ1n) is 6.87. The number of hydrogen-bond acceptors (Lipinski definition) is 4. The molecule has 3 rings (SSSR count). The Bertz CT molecular complexity index is 790. The molecule has 0 atom stereocenters. The van der Waals surface area contributed by atoms with Crippen LogP contribution < -0.4 is 4.90 Å². The molecule has 1 aliphatic heterocycles. The number of nitrogens with zero attached hydrogens (tertiary/aromatic N) is 2. The van der Waals surface area contributed by atoms with Gasteiger partial charge >= 0.3 is 0 Å². The van der Waals surface area contributed by atoms with Gasteiger partial charge in [0, 0.05) is 15.6 Å². The van der Waals surface area contributed by atoms with Gasteiger partial charge in [-0.1, -0.05) is 17.7 Å². The summed E-state index contributed by atoms with van der Waals surface area (Å²) >= 11 is 7.67. The number of benzene rings is 1. The second kappa shape index (κ2) is 5.41. The number of hydrogen-bond donors (Lipinski definition) is 2. The first-order valence-corrected chi connectivity index (χ1v) is 8.07. The average molecular weight is 334 g/mol. The van der Waals surface area contributed by atoms with Crippen LogP contribution in [0, 0.1) is 26.2 Å². The zero-order chi connectivity index (χ0) is 16.0. The van der Waals surface area contributed by atoms with Gasteiger partial charge in [0.05, 0.1) is 17.8 Å². The molecule has 1 aromatic heterocycles. The molecular weight excluding hydrogens is 318 g/mol. The van der Waals surface area contributed by atoms with E-state index in [9.17, 15) is 5.11 Å². The molecular formula is C16H16ClN3OS. The van der Waals surface area contributed by atoms with Crippen LogP contribution in [0.25, 0.3) is 5.57 Å². The van der Waals surface area contributed by atoms with E-state index in [0.717, 1.165) is 21.8 Å². The third kappa shape index (κ3) is 2.40. The Labute approximate surface area is 138 Å². The number of aliphatic hydroxyl groups is 1. The Hall–Kier alpha value is -1.85. The van der Waals surface area contributed by atoms with Crippen molar-refractivity contribution >= 4 is 40.0 Å². The normalized spacial score (nSPS) is 15.1. The summed E-state index contributed by atoms with van der Waals surface area (Å²) in [7, 11) is 0. The van der Waals surface area contributed by atoms with Gasteiger partial charge < -0.3 is 10.0 Å². The predicted octanol–water partition coefficient (Wildman–Crippen LogP) is 4.49. The Kier molecular flexibility index (Phi) is 3.70. The highest BCUT2D eigenvalue weighted by Crippen LogP contribution is 2.35. The van der Waals surface area contributed by atoms with Crippen molar-refractivity contribution in [1.29, 1.82) is 5.41 Å². The largest absolute Gasteiger partial charge is 0.510 e. The smallest absolute Gasteiger partial charge is 0.139 e. The maximum absolute atomic E-state index is 10.3. The standard InChI is InChI=1S/C16H16ClN3OS/c1-8-4-5-11(6-12(8)17)20-7-13(21)14(15(20)18)16-19-9(2)10(3)22-16/h4-6,18,21H,7H2,1-3H3. The fourth-order valence-corrected chi connectivity index (χ4v) is 3.51. The number of halogens is 1. The minimum absolute atomic E-state index is 0.176. The van der Waals surface area contributed by atoms with Crippen LogP contribution in [0.1, 0.15) is 21.1 Å². The number of rotatable bonds is 2. The summed E-state index contributed by atoms with van der Waals surface area (Å²) < 4.78 is 0. The van der Waals surface area contributed by atoms with E-state index in [1.807, 2.05) is 39.0 Å². The Morgan fingerprint density at radius 3 is 2.64 bits per heavy atom. The highest BCUT2D eigenvalue weighted by atomic mass is 35.5. The van der Waals surface area contributed by atoms with E-state index in [2.05, 4.69) is 4.98 Å². The van der Waals surface area contributed by atoms with Crippen LogP contribution >= 0.6 is 22.9 Å². The van der Waals surface area contributed by atoms with Crippen LogP contribution in [-0.2, 0) is 0 Å². The first-order chi connectivity index (χ1) is 10.4. The van der Waals surface area contributed by atoms with Gasteiger partial charge in [0.1, 0.15) is 16.6 Å². The maximum atomic E-state index is 10.3. The molecule has 0 saturated heterocycles. The maximum Gasteiger partial charge on any atom is 0.139 e. The minimum Gasteiger partial charge on any atom is -0.510 e. The van der Waals surface area contributed by atoms with Gasteiger partial charge in [-0.05, 0) is 38.5 Å². The summed E-state index contributed by atoms with van der Waals surface area (Å²) in [5, 5.41) is 20.0. The van der Waals surface area contributed by atoms with Gasteiger partial charge in [-0.25, -0.2) is 4.98 Å². The zero-order valence-corrected chi connectivity index (χ0v) is 14.1. The average Bonchev–Trinajstić information content (AvgIpc) is 2.93. The van der Waals surface area contributed by atoms with Crippen molar-refractivity contribution in [3.8, 4) is 0 Å². The molecule has 6 heteroatoms. The molecule has 0 spiro atoms. The van der Waals surface area contributed by atoms with E-state index in [0.29, 0.717) is 15.6 Å². The van der Waals surface area contributed by atoms with Crippen molar-refractivity contribution in [2.45, 2.75) is 20.8 Å². The van der Waals surface area contributed by atoms with E-state index < -0.39 is 0 Å². The fourth-order valence-electron chi connectivity index (χ4n) is 2.35. The van der Waals surface area contributed by atoms with Gasteiger partial charge in [0.25, 0.3) is 0 Å². The van der Waals surface area contributed by atoms with Crippen molar-refractivity contribution in [3.05, 3.63) is 50.1 Å². The van der Waals surface area contributed by atoms with E-state index in [1.54, 1.807) is 4.90 Å². The van der Waals surface area contributed by atoms with Gasteiger partial charge in [-0.2, -0.15) is 0 Å². The third-order valence-electron chi connectivity index (χ3n) is 3.81. The molecule has 4 nitrogen and oxygen atoms in total. The molecule has 0 bridgehead atoms. The fraction of sp³-hybridized carbons (Fsp3) is 0.250. The summed E-state index contributed by atoms with van der Waals surface area (Å²) in [6.45, 7) is 6.13. The Morgan fingerprint density at radius 2 is 2.05 bits per heavy atom. The lowest BCUT2D eigenvalue weighted by Crippen LogP contribution is -2.26. The van der Waals surface area contributed by atoms with E-state index in [-0.39, 0.29) is 18.1 Å². The number of aliphatic hydroxyl groups excluding tert-OH is 1. The van der Waals surface area contributed by atoms with Crippen LogP contribution in [0.2, 0.25) is 5.02 Å². The summed E-state index contributed by atoms with van der Waals surface area (Å²) in [6, 6.07) is 5.64. The van der Waals surface area contributed by atoms with Crippen molar-refractivity contribution in [2.75, 3.05) is 11.4 Å². The Morgan fingerprint density at radius 1 is 1.32 bits per heavy atom. The monoisotopic (exact) mass is 333 g/mol. The van der Waals surface area contributed by atoms with Crippen LogP contribution in [-0.4, -0.2) is 22.5 Å². The molecule has 0 amide bonds. The number of nitrogens with one attached hydrogen (secondary N) is 1. The molecule has 114 valence electrons. The van der Waals surface area contributed by atoms with Gasteiger partial charge in [0.2, 0.25) is 0 Å². The molecule has 2 heterocycles. The number of aryl methyl sites for hydroxylation is 3. The highest BCUT2D eigenvalue weighted by Gasteiger charge is 2.31. The third-order valence-corrected chi connectivity index (χ3v) is 5.31. The minimum atomic E-state index is 0.176. The second-order valence-corrected chi connectivity index (χ2v) is 6.96. The van der Waals surface area contributed by atoms with Gasteiger partial charge in [0.15, 0.2) is 0 Å². The lowest BCUT2D eigenvalue weighted by molar-refractivity contribution is 0.411. The van der Waals surface area contributed by atoms with E-state index in [1.165, 1.54) is 11.3 Å². The van der Waals surface area contributed by atoms with Crippen molar-refractivity contribution < 1.29 is 5.11 Å². The molecule has 1 aromatic carbocycles. The molecule has 22 heavy (non-hydrogen) atoms. The van der Waals surface area contributed by atoms with E-state index >= 15 is 0 Å². The van der Waals surface area contributed by atoms with E-state index in [4.69, 9.17) is 17.0 Å². The van der Waals surface area contributed by atoms with Crippen LogP contribution in [0.3, 0.4) is 0 Å².